The second kappa shape index (κ2) is 6.62. The van der Waals surface area contributed by atoms with Gasteiger partial charge in [-0.1, -0.05) is 6.92 Å². The average molecular weight is 298 g/mol. The van der Waals surface area contributed by atoms with Crippen molar-refractivity contribution >= 4 is 11.4 Å². The molecule has 0 aliphatic heterocycles. The van der Waals surface area contributed by atoms with Crippen molar-refractivity contribution in [1.82, 2.24) is 0 Å². The van der Waals surface area contributed by atoms with Crippen molar-refractivity contribution in [3.05, 3.63) is 17.9 Å². The minimum atomic E-state index is -4.20. The Labute approximate surface area is 112 Å². The summed E-state index contributed by atoms with van der Waals surface area (Å²) >= 11 is 0. The van der Waals surface area contributed by atoms with Crippen LogP contribution in [0.5, 0.6) is 5.75 Å². The first-order valence-corrected chi connectivity index (χ1v) is 5.89. The number of rotatable bonds is 7. The van der Waals surface area contributed by atoms with Gasteiger partial charge in [-0.2, -0.15) is 8.78 Å². The summed E-state index contributed by atoms with van der Waals surface area (Å²) in [6.07, 6.45) is -3.18. The number of halogens is 5. The van der Waals surface area contributed by atoms with Gasteiger partial charge in [-0.15, -0.1) is 0 Å². The minimum Gasteiger partial charge on any atom is -0.490 e. The Morgan fingerprint density at radius 2 is 2.00 bits per heavy atom. The van der Waals surface area contributed by atoms with Gasteiger partial charge >= 0.3 is 12.3 Å². The van der Waals surface area contributed by atoms with E-state index >= 15 is 0 Å². The summed E-state index contributed by atoms with van der Waals surface area (Å²) in [7, 11) is 0. The molecular weight excluding hydrogens is 283 g/mol. The van der Waals surface area contributed by atoms with E-state index in [0.717, 1.165) is 12.1 Å². The van der Waals surface area contributed by atoms with Crippen LogP contribution < -0.4 is 15.8 Å². The molecule has 0 aliphatic carbocycles. The van der Waals surface area contributed by atoms with E-state index in [0.29, 0.717) is 6.42 Å². The van der Waals surface area contributed by atoms with E-state index in [1.54, 1.807) is 6.92 Å². The third-order valence-corrected chi connectivity index (χ3v) is 2.40. The van der Waals surface area contributed by atoms with Crippen LogP contribution in [0.3, 0.4) is 0 Å². The Morgan fingerprint density at radius 3 is 2.55 bits per heavy atom. The quantitative estimate of drug-likeness (QED) is 0.598. The molecule has 0 atom stereocenters. The van der Waals surface area contributed by atoms with Crippen LogP contribution in [0, 0.1) is 5.82 Å². The lowest BCUT2D eigenvalue weighted by Crippen LogP contribution is -2.35. The lowest BCUT2D eigenvalue weighted by molar-refractivity contribution is -0.117. The molecule has 114 valence electrons. The molecule has 0 aromatic heterocycles. The van der Waals surface area contributed by atoms with Crippen LogP contribution in [-0.4, -0.2) is 25.5 Å². The molecule has 0 heterocycles. The Hall–Kier alpha value is -1.73. The molecule has 0 unspecified atom stereocenters. The van der Waals surface area contributed by atoms with E-state index in [9.17, 15) is 22.0 Å². The van der Waals surface area contributed by atoms with Gasteiger partial charge in [-0.3, -0.25) is 0 Å². The van der Waals surface area contributed by atoms with Crippen LogP contribution in [0.4, 0.5) is 33.3 Å². The molecule has 1 rings (SSSR count). The summed E-state index contributed by atoms with van der Waals surface area (Å²) in [4.78, 5) is 0. The van der Waals surface area contributed by atoms with E-state index < -0.39 is 24.7 Å². The molecule has 0 amide bonds. The van der Waals surface area contributed by atoms with Gasteiger partial charge in [-0.05, 0) is 6.42 Å². The molecule has 0 spiro atoms. The molecule has 0 fully saturated rings. The summed E-state index contributed by atoms with van der Waals surface area (Å²) in [6.45, 7) is 0.721. The van der Waals surface area contributed by atoms with Gasteiger partial charge in [0.15, 0.2) is 11.6 Å². The standard InChI is InChI=1S/C12H15F5N2O/c1-2-3-20-10-5-9(8(18)4-7(10)13)19-6-12(16,17)11(14)15/h4-5,11,19H,2-3,6,18H2,1H3. The van der Waals surface area contributed by atoms with Gasteiger partial charge in [0.2, 0.25) is 0 Å². The fourth-order valence-electron chi connectivity index (χ4n) is 1.33. The second-order valence-electron chi connectivity index (χ2n) is 4.13. The fraction of sp³-hybridized carbons (Fsp3) is 0.500. The topological polar surface area (TPSA) is 47.3 Å². The van der Waals surface area contributed by atoms with Crippen molar-refractivity contribution in [1.29, 1.82) is 0 Å². The summed E-state index contributed by atoms with van der Waals surface area (Å²) < 4.78 is 68.1. The zero-order chi connectivity index (χ0) is 15.3. The van der Waals surface area contributed by atoms with Gasteiger partial charge in [0.05, 0.1) is 24.5 Å². The highest BCUT2D eigenvalue weighted by atomic mass is 19.3. The number of nitrogens with one attached hydrogen (secondary N) is 1. The number of alkyl halides is 4. The Morgan fingerprint density at radius 1 is 1.35 bits per heavy atom. The first-order chi connectivity index (χ1) is 9.27. The highest BCUT2D eigenvalue weighted by Gasteiger charge is 2.40. The summed E-state index contributed by atoms with van der Waals surface area (Å²) in [5.41, 5.74) is 5.18. The number of hydrogen-bond acceptors (Lipinski definition) is 3. The van der Waals surface area contributed by atoms with Crippen molar-refractivity contribution < 1.29 is 26.7 Å². The normalized spacial score (nSPS) is 11.8. The SMILES string of the molecule is CCCOc1cc(NCC(F)(F)C(F)F)c(N)cc1F. The van der Waals surface area contributed by atoms with E-state index in [2.05, 4.69) is 5.32 Å². The van der Waals surface area contributed by atoms with Crippen molar-refractivity contribution in [2.45, 2.75) is 25.7 Å². The summed E-state index contributed by atoms with van der Waals surface area (Å²) in [5, 5.41) is 2.08. The minimum absolute atomic E-state index is 0.0853. The predicted octanol–water partition coefficient (Wildman–Crippen LogP) is 3.51. The molecule has 0 saturated carbocycles. The Bertz CT molecular complexity index is 454. The summed E-state index contributed by atoms with van der Waals surface area (Å²) in [6, 6.07) is 1.95. The van der Waals surface area contributed by atoms with Gasteiger partial charge in [-0.25, -0.2) is 13.2 Å². The third-order valence-electron chi connectivity index (χ3n) is 2.40. The molecule has 0 saturated heterocycles. The van der Waals surface area contributed by atoms with Crippen molar-refractivity contribution in [3.8, 4) is 5.75 Å². The fourth-order valence-corrected chi connectivity index (χ4v) is 1.33. The zero-order valence-electron chi connectivity index (χ0n) is 10.7. The second-order valence-corrected chi connectivity index (χ2v) is 4.13. The molecule has 0 radical (unpaired) electrons. The van der Waals surface area contributed by atoms with Crippen LogP contribution in [0.25, 0.3) is 0 Å². The molecule has 1 aromatic carbocycles. The molecule has 3 nitrogen and oxygen atoms in total. The third kappa shape index (κ3) is 4.14. The van der Waals surface area contributed by atoms with E-state index in [1.807, 2.05) is 0 Å². The van der Waals surface area contributed by atoms with Crippen LogP contribution in [0.2, 0.25) is 0 Å². The molecule has 0 aliphatic rings. The van der Waals surface area contributed by atoms with Crippen LogP contribution >= 0.6 is 0 Å². The number of nitrogens with two attached hydrogens (primary N) is 1. The Balaban J connectivity index is 2.84. The van der Waals surface area contributed by atoms with Crippen molar-refractivity contribution in [2.24, 2.45) is 0 Å². The van der Waals surface area contributed by atoms with Gasteiger partial charge in [0.1, 0.15) is 0 Å². The maximum absolute atomic E-state index is 13.5. The number of nitrogen functional groups attached to an aromatic ring is 1. The Kier molecular flexibility index (Phi) is 5.41. The first-order valence-electron chi connectivity index (χ1n) is 5.89. The smallest absolute Gasteiger partial charge is 0.324 e. The van der Waals surface area contributed by atoms with E-state index in [4.69, 9.17) is 10.5 Å². The molecule has 20 heavy (non-hydrogen) atoms. The largest absolute Gasteiger partial charge is 0.490 e. The van der Waals surface area contributed by atoms with Crippen molar-refractivity contribution in [3.63, 3.8) is 0 Å². The maximum Gasteiger partial charge on any atom is 0.324 e. The van der Waals surface area contributed by atoms with Crippen LogP contribution in [0.15, 0.2) is 12.1 Å². The predicted molar refractivity (Wildman–Crippen MR) is 66.0 cm³/mol. The van der Waals surface area contributed by atoms with Gasteiger partial charge in [0.25, 0.3) is 0 Å². The van der Waals surface area contributed by atoms with Gasteiger partial charge < -0.3 is 15.8 Å². The van der Waals surface area contributed by atoms with E-state index in [-0.39, 0.29) is 23.7 Å². The van der Waals surface area contributed by atoms with Crippen LogP contribution in [0.1, 0.15) is 13.3 Å². The number of hydrogen-bond donors (Lipinski definition) is 2. The monoisotopic (exact) mass is 298 g/mol. The van der Waals surface area contributed by atoms with Gasteiger partial charge in [0, 0.05) is 12.1 Å². The zero-order valence-corrected chi connectivity index (χ0v) is 10.7. The lowest BCUT2D eigenvalue weighted by Gasteiger charge is -2.18. The lowest BCUT2D eigenvalue weighted by atomic mass is 10.2. The highest BCUT2D eigenvalue weighted by Crippen LogP contribution is 2.30. The number of benzene rings is 1. The molecule has 3 N–H and O–H groups in total. The van der Waals surface area contributed by atoms with Crippen LogP contribution in [-0.2, 0) is 0 Å². The van der Waals surface area contributed by atoms with E-state index in [1.165, 1.54) is 0 Å². The summed E-state index contributed by atoms with van der Waals surface area (Å²) in [5.74, 6) is -5.13. The molecule has 0 bridgehead atoms. The average Bonchev–Trinajstić information content (AvgIpc) is 2.36. The van der Waals surface area contributed by atoms with Crippen molar-refractivity contribution in [2.75, 3.05) is 24.2 Å². The number of anilines is 2. The highest BCUT2D eigenvalue weighted by molar-refractivity contribution is 5.68. The number of ether oxygens (including phenoxy) is 1. The molecular formula is C12H15F5N2O. The first kappa shape index (κ1) is 16.3. The molecule has 8 heteroatoms. The molecule has 1 aromatic rings. The maximum atomic E-state index is 13.5.